The first-order chi connectivity index (χ1) is 7.47. The van der Waals surface area contributed by atoms with Crippen molar-refractivity contribution in [3.8, 4) is 0 Å². The zero-order chi connectivity index (χ0) is 12.3. The van der Waals surface area contributed by atoms with Gasteiger partial charge in [0.15, 0.2) is 0 Å². The SMILES string of the molecule is CCCC(C)C(O)c1cc(Cl)c(Br)cc1F. The molecule has 1 N–H and O–H groups in total. The molecule has 2 unspecified atom stereocenters. The lowest BCUT2D eigenvalue weighted by atomic mass is 9.93. The van der Waals surface area contributed by atoms with E-state index in [1.54, 1.807) is 0 Å². The van der Waals surface area contributed by atoms with Crippen LogP contribution >= 0.6 is 27.5 Å². The van der Waals surface area contributed by atoms with Gasteiger partial charge < -0.3 is 5.11 Å². The standard InChI is InChI=1S/C12H15BrClFO/c1-3-4-7(2)12(16)8-5-10(14)9(13)6-11(8)15/h5-7,12,16H,3-4H2,1-2H3. The molecule has 0 saturated heterocycles. The van der Waals surface area contributed by atoms with Crippen molar-refractivity contribution < 1.29 is 9.50 Å². The quantitative estimate of drug-likeness (QED) is 0.799. The third kappa shape index (κ3) is 3.19. The molecule has 16 heavy (non-hydrogen) atoms. The molecule has 0 saturated carbocycles. The van der Waals surface area contributed by atoms with E-state index >= 15 is 0 Å². The maximum Gasteiger partial charge on any atom is 0.130 e. The lowest BCUT2D eigenvalue weighted by Gasteiger charge is -2.19. The van der Waals surface area contributed by atoms with Crippen molar-refractivity contribution in [2.24, 2.45) is 5.92 Å². The van der Waals surface area contributed by atoms with Crippen LogP contribution in [0, 0.1) is 11.7 Å². The minimum Gasteiger partial charge on any atom is -0.388 e. The van der Waals surface area contributed by atoms with Crippen molar-refractivity contribution in [2.75, 3.05) is 0 Å². The summed E-state index contributed by atoms with van der Waals surface area (Å²) < 4.78 is 14.1. The van der Waals surface area contributed by atoms with Crippen LogP contribution in [0.5, 0.6) is 0 Å². The number of aliphatic hydroxyl groups excluding tert-OH is 1. The van der Waals surface area contributed by atoms with Crippen LogP contribution in [0.1, 0.15) is 38.4 Å². The van der Waals surface area contributed by atoms with Crippen LogP contribution < -0.4 is 0 Å². The molecule has 1 rings (SSSR count). The molecule has 1 nitrogen and oxygen atoms in total. The first kappa shape index (κ1) is 13.9. The minimum absolute atomic E-state index is 0.0248. The molecule has 0 radical (unpaired) electrons. The lowest BCUT2D eigenvalue weighted by Crippen LogP contribution is -2.10. The third-order valence-electron chi connectivity index (χ3n) is 2.64. The van der Waals surface area contributed by atoms with Crippen LogP contribution in [0.2, 0.25) is 5.02 Å². The van der Waals surface area contributed by atoms with Crippen LogP contribution in [-0.2, 0) is 0 Å². The molecule has 0 bridgehead atoms. The van der Waals surface area contributed by atoms with E-state index in [0.29, 0.717) is 9.50 Å². The maximum atomic E-state index is 13.6. The van der Waals surface area contributed by atoms with Crippen LogP contribution in [0.25, 0.3) is 0 Å². The van der Waals surface area contributed by atoms with E-state index in [-0.39, 0.29) is 11.5 Å². The monoisotopic (exact) mass is 308 g/mol. The van der Waals surface area contributed by atoms with Gasteiger partial charge in [-0.05, 0) is 40.4 Å². The Balaban J connectivity index is 2.99. The highest BCUT2D eigenvalue weighted by Crippen LogP contribution is 2.32. The number of benzene rings is 1. The van der Waals surface area contributed by atoms with Gasteiger partial charge in [-0.2, -0.15) is 0 Å². The van der Waals surface area contributed by atoms with Crippen molar-refractivity contribution in [1.82, 2.24) is 0 Å². The van der Waals surface area contributed by atoms with Gasteiger partial charge in [-0.1, -0.05) is 31.9 Å². The molecule has 0 aliphatic rings. The van der Waals surface area contributed by atoms with Crippen molar-refractivity contribution >= 4 is 27.5 Å². The molecule has 0 aliphatic carbocycles. The highest BCUT2D eigenvalue weighted by molar-refractivity contribution is 9.10. The number of aliphatic hydroxyl groups is 1. The topological polar surface area (TPSA) is 20.2 Å². The minimum atomic E-state index is -0.800. The van der Waals surface area contributed by atoms with E-state index in [0.717, 1.165) is 12.8 Å². The maximum absolute atomic E-state index is 13.6. The summed E-state index contributed by atoms with van der Waals surface area (Å²) in [6.07, 6.45) is 1.02. The highest BCUT2D eigenvalue weighted by atomic mass is 79.9. The third-order valence-corrected chi connectivity index (χ3v) is 3.84. The predicted octanol–water partition coefficient (Wildman–Crippen LogP) is 4.71. The van der Waals surface area contributed by atoms with Gasteiger partial charge in [-0.25, -0.2) is 4.39 Å². The number of hydrogen-bond acceptors (Lipinski definition) is 1. The molecule has 4 heteroatoms. The van der Waals surface area contributed by atoms with Gasteiger partial charge in [0.25, 0.3) is 0 Å². The summed E-state index contributed by atoms with van der Waals surface area (Å²) in [5.41, 5.74) is 0.272. The summed E-state index contributed by atoms with van der Waals surface area (Å²) >= 11 is 9.03. The Kier molecular flexibility index (Phi) is 5.22. The van der Waals surface area contributed by atoms with Gasteiger partial charge in [-0.3, -0.25) is 0 Å². The molecule has 0 aromatic heterocycles. The fourth-order valence-corrected chi connectivity index (χ4v) is 2.17. The van der Waals surface area contributed by atoms with Crippen LogP contribution in [0.3, 0.4) is 0 Å². The van der Waals surface area contributed by atoms with Crippen LogP contribution in [0.15, 0.2) is 16.6 Å². The highest BCUT2D eigenvalue weighted by Gasteiger charge is 2.20. The van der Waals surface area contributed by atoms with Gasteiger partial charge in [0.1, 0.15) is 5.82 Å². The molecule has 0 aliphatic heterocycles. The fourth-order valence-electron chi connectivity index (χ4n) is 1.68. The second-order valence-corrected chi connectivity index (χ2v) is 5.26. The van der Waals surface area contributed by atoms with Gasteiger partial charge in [0.05, 0.1) is 11.1 Å². The lowest BCUT2D eigenvalue weighted by molar-refractivity contribution is 0.108. The van der Waals surface area contributed by atoms with Gasteiger partial charge in [0, 0.05) is 10.0 Å². The first-order valence-corrected chi connectivity index (χ1v) is 6.47. The van der Waals surface area contributed by atoms with E-state index in [4.69, 9.17) is 11.6 Å². The predicted molar refractivity (Wildman–Crippen MR) is 68.1 cm³/mol. The average Bonchev–Trinajstić information content (AvgIpc) is 2.23. The van der Waals surface area contributed by atoms with Crippen LogP contribution in [-0.4, -0.2) is 5.11 Å². The van der Waals surface area contributed by atoms with E-state index in [9.17, 15) is 9.50 Å². The largest absolute Gasteiger partial charge is 0.388 e. The Labute approximate surface area is 109 Å². The van der Waals surface area contributed by atoms with E-state index in [2.05, 4.69) is 15.9 Å². The normalized spacial score (nSPS) is 14.9. The Bertz CT molecular complexity index is 370. The molecule has 1 aromatic rings. The number of rotatable bonds is 4. The second-order valence-electron chi connectivity index (χ2n) is 4.00. The van der Waals surface area contributed by atoms with E-state index < -0.39 is 11.9 Å². The molecular formula is C12H15BrClFO. The zero-order valence-electron chi connectivity index (χ0n) is 9.30. The Morgan fingerprint density at radius 1 is 1.50 bits per heavy atom. The van der Waals surface area contributed by atoms with Crippen LogP contribution in [0.4, 0.5) is 4.39 Å². The number of hydrogen-bond donors (Lipinski definition) is 1. The summed E-state index contributed by atoms with van der Waals surface area (Å²) in [6, 6.07) is 2.78. The molecule has 90 valence electrons. The van der Waals surface area contributed by atoms with Gasteiger partial charge in [-0.15, -0.1) is 0 Å². The van der Waals surface area contributed by atoms with Crippen molar-refractivity contribution in [3.63, 3.8) is 0 Å². The summed E-state index contributed by atoms with van der Waals surface area (Å²) in [5, 5.41) is 10.4. The summed E-state index contributed by atoms with van der Waals surface area (Å²) in [6.45, 7) is 3.94. The molecule has 0 amide bonds. The molecule has 1 aromatic carbocycles. The summed E-state index contributed by atoms with van der Waals surface area (Å²) in [4.78, 5) is 0. The number of halogens is 3. The Hall–Kier alpha value is -0.120. The van der Waals surface area contributed by atoms with E-state index in [1.807, 2.05) is 13.8 Å². The average molecular weight is 310 g/mol. The Morgan fingerprint density at radius 3 is 2.69 bits per heavy atom. The van der Waals surface area contributed by atoms with Crippen molar-refractivity contribution in [2.45, 2.75) is 32.8 Å². The summed E-state index contributed by atoms with van der Waals surface area (Å²) in [7, 11) is 0. The second kappa shape index (κ2) is 5.99. The van der Waals surface area contributed by atoms with Crippen molar-refractivity contribution in [3.05, 3.63) is 33.0 Å². The summed E-state index contributed by atoms with van der Waals surface area (Å²) in [5.74, 6) is -0.400. The van der Waals surface area contributed by atoms with Crippen molar-refractivity contribution in [1.29, 1.82) is 0 Å². The molecular weight excluding hydrogens is 294 g/mol. The zero-order valence-corrected chi connectivity index (χ0v) is 11.6. The first-order valence-electron chi connectivity index (χ1n) is 5.29. The fraction of sp³-hybridized carbons (Fsp3) is 0.500. The van der Waals surface area contributed by atoms with Gasteiger partial charge >= 0.3 is 0 Å². The smallest absolute Gasteiger partial charge is 0.130 e. The molecule has 0 heterocycles. The molecule has 0 fully saturated rings. The van der Waals surface area contributed by atoms with E-state index in [1.165, 1.54) is 12.1 Å². The molecule has 2 atom stereocenters. The molecule has 0 spiro atoms. The van der Waals surface area contributed by atoms with Gasteiger partial charge in [0.2, 0.25) is 0 Å². The Morgan fingerprint density at radius 2 is 2.12 bits per heavy atom.